The van der Waals surface area contributed by atoms with Gasteiger partial charge in [-0.1, -0.05) is 12.1 Å². The summed E-state index contributed by atoms with van der Waals surface area (Å²) in [4.78, 5) is 23.7. The summed E-state index contributed by atoms with van der Waals surface area (Å²) in [6.07, 6.45) is 0.865. The van der Waals surface area contributed by atoms with Gasteiger partial charge in [0.2, 0.25) is 11.8 Å². The number of ether oxygens (including phenoxy) is 1. The topological polar surface area (TPSA) is 67.4 Å². The lowest BCUT2D eigenvalue weighted by atomic mass is 10.1. The molecule has 0 radical (unpaired) electrons. The standard InChI is InChI=1S/C21H25FN2O3S/c1-15(2)27-19-9-3-16(4-10-19)11-12-23-20(25)13-28-14-21(26)24-18-7-5-17(22)6-8-18/h3-10,15H,11-14H2,1-2H3,(H,23,25)(H,24,26). The number of thioether (sulfide) groups is 1. The highest BCUT2D eigenvalue weighted by Gasteiger charge is 2.06. The molecule has 0 unspecified atom stereocenters. The van der Waals surface area contributed by atoms with Crippen LogP contribution in [0, 0.1) is 5.82 Å². The van der Waals surface area contributed by atoms with Crippen molar-refractivity contribution in [2.45, 2.75) is 26.4 Å². The third-order valence-electron chi connectivity index (χ3n) is 3.63. The molecule has 2 N–H and O–H groups in total. The summed E-state index contributed by atoms with van der Waals surface area (Å²) in [6, 6.07) is 13.4. The van der Waals surface area contributed by atoms with Crippen LogP contribution in [0.25, 0.3) is 0 Å². The Morgan fingerprint density at radius 2 is 1.64 bits per heavy atom. The summed E-state index contributed by atoms with van der Waals surface area (Å²) in [6.45, 7) is 4.49. The second-order valence-electron chi connectivity index (χ2n) is 6.46. The van der Waals surface area contributed by atoms with E-state index in [1.807, 2.05) is 38.1 Å². The highest BCUT2D eigenvalue weighted by molar-refractivity contribution is 8.00. The van der Waals surface area contributed by atoms with E-state index >= 15 is 0 Å². The van der Waals surface area contributed by atoms with Gasteiger partial charge in [-0.15, -0.1) is 11.8 Å². The zero-order valence-electron chi connectivity index (χ0n) is 16.0. The van der Waals surface area contributed by atoms with Crippen molar-refractivity contribution in [1.29, 1.82) is 0 Å². The van der Waals surface area contributed by atoms with Gasteiger partial charge in [0.05, 0.1) is 17.6 Å². The molecule has 0 aliphatic rings. The lowest BCUT2D eigenvalue weighted by molar-refractivity contribution is -0.118. The lowest BCUT2D eigenvalue weighted by Crippen LogP contribution is -2.28. The summed E-state index contributed by atoms with van der Waals surface area (Å²) in [7, 11) is 0. The molecule has 0 fully saturated rings. The van der Waals surface area contributed by atoms with Crippen LogP contribution in [-0.4, -0.2) is 36.0 Å². The van der Waals surface area contributed by atoms with E-state index in [0.717, 1.165) is 17.7 Å². The first-order valence-electron chi connectivity index (χ1n) is 9.08. The van der Waals surface area contributed by atoms with Crippen LogP contribution in [0.15, 0.2) is 48.5 Å². The second kappa shape index (κ2) is 11.3. The predicted octanol–water partition coefficient (Wildman–Crippen LogP) is 3.64. The van der Waals surface area contributed by atoms with E-state index in [1.165, 1.54) is 36.0 Å². The number of halogens is 1. The average molecular weight is 405 g/mol. The summed E-state index contributed by atoms with van der Waals surface area (Å²) in [5.41, 5.74) is 1.64. The van der Waals surface area contributed by atoms with Gasteiger partial charge in [0, 0.05) is 12.2 Å². The van der Waals surface area contributed by atoms with E-state index in [9.17, 15) is 14.0 Å². The van der Waals surface area contributed by atoms with Gasteiger partial charge in [-0.2, -0.15) is 0 Å². The van der Waals surface area contributed by atoms with Crippen molar-refractivity contribution in [3.8, 4) is 5.75 Å². The molecule has 150 valence electrons. The van der Waals surface area contributed by atoms with Crippen LogP contribution in [0.2, 0.25) is 0 Å². The van der Waals surface area contributed by atoms with E-state index < -0.39 is 0 Å². The van der Waals surface area contributed by atoms with E-state index in [0.29, 0.717) is 12.2 Å². The Hall–Kier alpha value is -2.54. The van der Waals surface area contributed by atoms with Crippen LogP contribution >= 0.6 is 11.8 Å². The maximum atomic E-state index is 12.8. The van der Waals surface area contributed by atoms with Crippen molar-refractivity contribution < 1.29 is 18.7 Å². The van der Waals surface area contributed by atoms with E-state index in [1.54, 1.807) is 0 Å². The van der Waals surface area contributed by atoms with Crippen molar-refractivity contribution in [3.63, 3.8) is 0 Å². The van der Waals surface area contributed by atoms with Crippen molar-refractivity contribution >= 4 is 29.3 Å². The first-order chi connectivity index (χ1) is 13.4. The minimum Gasteiger partial charge on any atom is -0.491 e. The van der Waals surface area contributed by atoms with Crippen molar-refractivity contribution in [2.24, 2.45) is 0 Å². The fourth-order valence-electron chi connectivity index (χ4n) is 2.37. The molecule has 28 heavy (non-hydrogen) atoms. The van der Waals surface area contributed by atoms with E-state index in [-0.39, 0.29) is 35.2 Å². The van der Waals surface area contributed by atoms with Gasteiger partial charge in [-0.3, -0.25) is 9.59 Å². The number of carbonyl (C=O) groups excluding carboxylic acids is 2. The molecule has 0 saturated carbocycles. The van der Waals surface area contributed by atoms with Crippen molar-refractivity contribution in [1.82, 2.24) is 5.32 Å². The smallest absolute Gasteiger partial charge is 0.234 e. The summed E-state index contributed by atoms with van der Waals surface area (Å²) in [5, 5.41) is 5.50. The van der Waals surface area contributed by atoms with E-state index in [2.05, 4.69) is 10.6 Å². The molecular weight excluding hydrogens is 379 g/mol. The number of hydrogen-bond donors (Lipinski definition) is 2. The quantitative estimate of drug-likeness (QED) is 0.634. The highest BCUT2D eigenvalue weighted by Crippen LogP contribution is 2.14. The SMILES string of the molecule is CC(C)Oc1ccc(CCNC(=O)CSCC(=O)Nc2ccc(F)cc2)cc1. The molecule has 0 heterocycles. The Morgan fingerprint density at radius 1 is 1.00 bits per heavy atom. The van der Waals surface area contributed by atoms with Gasteiger partial charge < -0.3 is 15.4 Å². The molecule has 0 bridgehead atoms. The monoisotopic (exact) mass is 404 g/mol. The molecule has 2 amide bonds. The molecule has 7 heteroatoms. The molecule has 2 aromatic carbocycles. The minimum absolute atomic E-state index is 0.112. The maximum absolute atomic E-state index is 12.8. The second-order valence-corrected chi connectivity index (χ2v) is 7.44. The number of rotatable bonds is 10. The Kier molecular flexibility index (Phi) is 8.81. The fourth-order valence-corrected chi connectivity index (χ4v) is 3.02. The number of anilines is 1. The molecule has 0 aliphatic carbocycles. The summed E-state index contributed by atoms with van der Waals surface area (Å²) in [5.74, 6) is 0.495. The molecule has 0 aliphatic heterocycles. The third kappa shape index (κ3) is 8.43. The Balaban J connectivity index is 1.59. The van der Waals surface area contributed by atoms with Gasteiger partial charge in [-0.25, -0.2) is 4.39 Å². The summed E-state index contributed by atoms with van der Waals surface area (Å²) < 4.78 is 18.4. The van der Waals surface area contributed by atoms with E-state index in [4.69, 9.17) is 4.74 Å². The molecule has 2 rings (SSSR count). The first-order valence-corrected chi connectivity index (χ1v) is 10.2. The maximum Gasteiger partial charge on any atom is 0.234 e. The predicted molar refractivity (Wildman–Crippen MR) is 111 cm³/mol. The van der Waals surface area contributed by atoms with Crippen LogP contribution in [0.4, 0.5) is 10.1 Å². The molecular formula is C21H25FN2O3S. The third-order valence-corrected chi connectivity index (χ3v) is 4.56. The molecule has 0 saturated heterocycles. The van der Waals surface area contributed by atoms with Crippen LogP contribution in [0.3, 0.4) is 0 Å². The van der Waals surface area contributed by atoms with Gasteiger partial charge in [-0.05, 0) is 62.2 Å². The zero-order valence-corrected chi connectivity index (χ0v) is 16.9. The normalized spacial score (nSPS) is 10.6. The number of nitrogens with one attached hydrogen (secondary N) is 2. The van der Waals surface area contributed by atoms with Crippen LogP contribution < -0.4 is 15.4 Å². The largest absolute Gasteiger partial charge is 0.491 e. The minimum atomic E-state index is -0.358. The Labute approximate surface area is 169 Å². The van der Waals surface area contributed by atoms with Gasteiger partial charge in [0.15, 0.2) is 0 Å². The summed E-state index contributed by atoms with van der Waals surface area (Å²) >= 11 is 1.23. The van der Waals surface area contributed by atoms with Gasteiger partial charge in [0.1, 0.15) is 11.6 Å². The molecule has 0 aromatic heterocycles. The van der Waals surface area contributed by atoms with Crippen molar-refractivity contribution in [3.05, 3.63) is 59.9 Å². The molecule has 5 nitrogen and oxygen atoms in total. The number of amides is 2. The van der Waals surface area contributed by atoms with Crippen LogP contribution in [-0.2, 0) is 16.0 Å². The number of benzene rings is 2. The fraction of sp³-hybridized carbons (Fsp3) is 0.333. The van der Waals surface area contributed by atoms with Gasteiger partial charge >= 0.3 is 0 Å². The molecule has 0 spiro atoms. The lowest BCUT2D eigenvalue weighted by Gasteiger charge is -2.10. The number of carbonyl (C=O) groups is 2. The Morgan fingerprint density at radius 3 is 2.29 bits per heavy atom. The molecule has 2 aromatic rings. The van der Waals surface area contributed by atoms with Gasteiger partial charge in [0.25, 0.3) is 0 Å². The average Bonchev–Trinajstić information content (AvgIpc) is 2.64. The van der Waals surface area contributed by atoms with Crippen molar-refractivity contribution in [2.75, 3.05) is 23.4 Å². The zero-order chi connectivity index (χ0) is 20.4. The van der Waals surface area contributed by atoms with Crippen LogP contribution in [0.5, 0.6) is 5.75 Å². The Bertz CT molecular complexity index is 764. The first kappa shape index (κ1) is 21.8. The number of hydrogen-bond acceptors (Lipinski definition) is 4. The van der Waals surface area contributed by atoms with Crippen LogP contribution in [0.1, 0.15) is 19.4 Å². The highest BCUT2D eigenvalue weighted by atomic mass is 32.2. The molecule has 0 atom stereocenters.